The van der Waals surface area contributed by atoms with E-state index in [1.54, 1.807) is 0 Å². The third-order valence-electron chi connectivity index (χ3n) is 11.1. The lowest BCUT2D eigenvalue weighted by molar-refractivity contribution is -0.167. The Morgan fingerprint density at radius 2 is 0.607 bits per heavy atom. The number of ether oxygens (including phenoxy) is 3. The minimum atomic E-state index is -0.790. The quantitative estimate of drug-likeness (QED) is 0.0263. The SMILES string of the molecule is CCCC/C=C\C=C/CCCCCC(=O)OCC(COC(=O)CCCCCCC\C=C/C=C\C=C/CCCCCCC)OC(=O)CCCCCCCCCCCCCCCC. The molecular weight excluding hydrogens is 757 g/mol. The Hall–Kier alpha value is -2.89. The average molecular weight is 853 g/mol. The van der Waals surface area contributed by atoms with Crippen LogP contribution in [0, 0.1) is 0 Å². The van der Waals surface area contributed by atoms with Crippen LogP contribution in [0.15, 0.2) is 60.8 Å². The highest BCUT2D eigenvalue weighted by Gasteiger charge is 2.19. The summed E-state index contributed by atoms with van der Waals surface area (Å²) < 4.78 is 16.7. The van der Waals surface area contributed by atoms with Gasteiger partial charge >= 0.3 is 17.9 Å². The maximum atomic E-state index is 12.8. The normalized spacial score (nSPS) is 12.5. The number of carbonyl (C=O) groups is 3. The number of allylic oxidation sites excluding steroid dienone is 10. The van der Waals surface area contributed by atoms with Gasteiger partial charge in [-0.3, -0.25) is 14.4 Å². The molecule has 6 heteroatoms. The lowest BCUT2D eigenvalue weighted by Gasteiger charge is -2.18. The van der Waals surface area contributed by atoms with Crippen LogP contribution in [0.1, 0.15) is 252 Å². The van der Waals surface area contributed by atoms with Crippen molar-refractivity contribution in [2.24, 2.45) is 0 Å². The van der Waals surface area contributed by atoms with Gasteiger partial charge in [0.15, 0.2) is 6.10 Å². The third-order valence-corrected chi connectivity index (χ3v) is 11.1. The predicted molar refractivity (Wildman–Crippen MR) is 261 cm³/mol. The molecule has 0 fully saturated rings. The second-order valence-corrected chi connectivity index (χ2v) is 17.2. The van der Waals surface area contributed by atoms with Gasteiger partial charge in [0.25, 0.3) is 0 Å². The Balaban J connectivity index is 4.41. The van der Waals surface area contributed by atoms with E-state index in [0.717, 1.165) is 89.9 Å². The first-order valence-electron chi connectivity index (χ1n) is 25.8. The van der Waals surface area contributed by atoms with Crippen molar-refractivity contribution in [3.8, 4) is 0 Å². The van der Waals surface area contributed by atoms with Crippen LogP contribution in [0.3, 0.4) is 0 Å². The van der Waals surface area contributed by atoms with E-state index in [0.29, 0.717) is 19.3 Å². The number of hydrogen-bond acceptors (Lipinski definition) is 6. The van der Waals surface area contributed by atoms with E-state index < -0.39 is 6.10 Å². The van der Waals surface area contributed by atoms with Gasteiger partial charge < -0.3 is 14.2 Å². The van der Waals surface area contributed by atoms with Crippen LogP contribution in [-0.2, 0) is 28.6 Å². The maximum Gasteiger partial charge on any atom is 0.306 e. The minimum absolute atomic E-state index is 0.0918. The van der Waals surface area contributed by atoms with Crippen LogP contribution in [0.5, 0.6) is 0 Å². The number of unbranched alkanes of at least 4 members (excludes halogenated alkanes) is 28. The molecule has 0 rings (SSSR count). The summed E-state index contributed by atoms with van der Waals surface area (Å²) in [6, 6.07) is 0. The molecule has 352 valence electrons. The molecule has 0 amide bonds. The van der Waals surface area contributed by atoms with Crippen molar-refractivity contribution in [2.45, 2.75) is 258 Å². The van der Waals surface area contributed by atoms with Crippen LogP contribution >= 0.6 is 0 Å². The maximum absolute atomic E-state index is 12.8. The van der Waals surface area contributed by atoms with Gasteiger partial charge in [-0.15, -0.1) is 0 Å². The number of rotatable bonds is 46. The van der Waals surface area contributed by atoms with Gasteiger partial charge in [0.1, 0.15) is 13.2 Å². The van der Waals surface area contributed by atoms with Gasteiger partial charge in [-0.25, -0.2) is 0 Å². The number of carbonyl (C=O) groups excluding carboxylic acids is 3. The average Bonchev–Trinajstić information content (AvgIpc) is 3.26. The van der Waals surface area contributed by atoms with E-state index in [2.05, 4.69) is 81.5 Å². The molecule has 0 aromatic rings. The fourth-order valence-electron chi connectivity index (χ4n) is 7.13. The molecule has 0 spiro atoms. The molecule has 0 saturated heterocycles. The van der Waals surface area contributed by atoms with E-state index in [4.69, 9.17) is 14.2 Å². The van der Waals surface area contributed by atoms with Gasteiger partial charge in [0, 0.05) is 19.3 Å². The molecule has 0 aliphatic heterocycles. The lowest BCUT2D eigenvalue weighted by atomic mass is 10.0. The molecule has 6 nitrogen and oxygen atoms in total. The number of esters is 3. The van der Waals surface area contributed by atoms with E-state index in [-0.39, 0.29) is 31.1 Å². The fraction of sp³-hybridized carbons (Fsp3) is 0.764. The van der Waals surface area contributed by atoms with Crippen molar-refractivity contribution >= 4 is 17.9 Å². The second-order valence-electron chi connectivity index (χ2n) is 17.2. The fourth-order valence-corrected chi connectivity index (χ4v) is 7.13. The van der Waals surface area contributed by atoms with Crippen molar-refractivity contribution in [2.75, 3.05) is 13.2 Å². The number of hydrogen-bond donors (Lipinski definition) is 0. The summed E-state index contributed by atoms with van der Waals surface area (Å²) in [7, 11) is 0. The van der Waals surface area contributed by atoms with Crippen LogP contribution in [-0.4, -0.2) is 37.2 Å². The topological polar surface area (TPSA) is 78.9 Å². The molecular formula is C55H96O6. The zero-order valence-corrected chi connectivity index (χ0v) is 40.2. The van der Waals surface area contributed by atoms with E-state index in [9.17, 15) is 14.4 Å². The Kier molecular flexibility index (Phi) is 47.4. The zero-order valence-electron chi connectivity index (χ0n) is 40.2. The molecule has 1 unspecified atom stereocenters. The van der Waals surface area contributed by atoms with E-state index in [1.807, 2.05) is 0 Å². The van der Waals surface area contributed by atoms with Crippen LogP contribution in [0.2, 0.25) is 0 Å². The highest BCUT2D eigenvalue weighted by atomic mass is 16.6. The summed E-state index contributed by atoms with van der Waals surface area (Å²) in [6.07, 6.45) is 60.6. The first-order valence-corrected chi connectivity index (χ1v) is 25.8. The molecule has 0 aliphatic rings. The molecule has 0 N–H and O–H groups in total. The van der Waals surface area contributed by atoms with Crippen molar-refractivity contribution in [1.29, 1.82) is 0 Å². The standard InChI is InChI=1S/C55H96O6/c1-4-7-10-13-16-19-22-24-26-27-28-29-31-33-36-39-42-45-48-54(57)60-51-52(50-59-53(56)47-44-41-38-35-32-21-18-15-12-9-6-3)61-55(58)49-46-43-40-37-34-30-25-23-20-17-14-11-8-5-2/h15,18,21-22,24,26-29,32,52H,4-14,16-17,19-20,23,25,30-31,33-51H2,1-3H3/b18-15-,24-22-,27-26-,29-28-,32-21-. The van der Waals surface area contributed by atoms with Gasteiger partial charge in [-0.05, 0) is 64.2 Å². The first-order chi connectivity index (χ1) is 30.0. The molecule has 0 aromatic heterocycles. The molecule has 61 heavy (non-hydrogen) atoms. The molecule has 0 heterocycles. The third kappa shape index (κ3) is 48.0. The summed E-state index contributed by atoms with van der Waals surface area (Å²) in [5.74, 6) is -0.933. The monoisotopic (exact) mass is 853 g/mol. The Morgan fingerprint density at radius 3 is 0.984 bits per heavy atom. The molecule has 0 bridgehead atoms. The molecule has 0 radical (unpaired) electrons. The summed E-state index contributed by atoms with van der Waals surface area (Å²) in [5, 5.41) is 0. The first kappa shape index (κ1) is 58.1. The Morgan fingerprint density at radius 1 is 0.328 bits per heavy atom. The minimum Gasteiger partial charge on any atom is -0.462 e. The summed E-state index contributed by atoms with van der Waals surface area (Å²) in [6.45, 7) is 6.53. The highest BCUT2D eigenvalue weighted by molar-refractivity contribution is 5.71. The Bertz CT molecular complexity index is 1120. The summed E-state index contributed by atoms with van der Waals surface area (Å²) in [5.41, 5.74) is 0. The largest absolute Gasteiger partial charge is 0.462 e. The molecule has 0 saturated carbocycles. The van der Waals surface area contributed by atoms with Crippen molar-refractivity contribution in [3.05, 3.63) is 60.8 Å². The lowest BCUT2D eigenvalue weighted by Crippen LogP contribution is -2.30. The highest BCUT2D eigenvalue weighted by Crippen LogP contribution is 2.15. The molecule has 0 aromatic carbocycles. The zero-order chi connectivity index (χ0) is 44.4. The van der Waals surface area contributed by atoms with Gasteiger partial charge in [0.2, 0.25) is 0 Å². The van der Waals surface area contributed by atoms with Gasteiger partial charge in [-0.1, -0.05) is 229 Å². The van der Waals surface area contributed by atoms with Crippen LogP contribution in [0.4, 0.5) is 0 Å². The van der Waals surface area contributed by atoms with Crippen LogP contribution < -0.4 is 0 Å². The van der Waals surface area contributed by atoms with E-state index >= 15 is 0 Å². The smallest absolute Gasteiger partial charge is 0.306 e. The van der Waals surface area contributed by atoms with Gasteiger partial charge in [-0.2, -0.15) is 0 Å². The predicted octanol–water partition coefficient (Wildman–Crippen LogP) is 16.9. The van der Waals surface area contributed by atoms with Crippen LogP contribution in [0.25, 0.3) is 0 Å². The molecule has 1 atom stereocenters. The van der Waals surface area contributed by atoms with Gasteiger partial charge in [0.05, 0.1) is 0 Å². The summed E-state index contributed by atoms with van der Waals surface area (Å²) in [4.78, 5) is 37.9. The second kappa shape index (κ2) is 49.8. The Labute approximate surface area is 377 Å². The van der Waals surface area contributed by atoms with Crippen molar-refractivity contribution in [1.82, 2.24) is 0 Å². The van der Waals surface area contributed by atoms with Crippen molar-refractivity contribution in [3.63, 3.8) is 0 Å². The molecule has 0 aliphatic carbocycles. The summed E-state index contributed by atoms with van der Waals surface area (Å²) >= 11 is 0. The van der Waals surface area contributed by atoms with E-state index in [1.165, 1.54) is 122 Å². The van der Waals surface area contributed by atoms with Crippen molar-refractivity contribution < 1.29 is 28.6 Å².